The quantitative estimate of drug-likeness (QED) is 0.639. The molecule has 1 heterocycles. The number of benzene rings is 2. The highest BCUT2D eigenvalue weighted by molar-refractivity contribution is 5.89. The Balaban J connectivity index is 1.38. The van der Waals surface area contributed by atoms with Gasteiger partial charge in [0, 0.05) is 12.5 Å². The summed E-state index contributed by atoms with van der Waals surface area (Å²) in [6.45, 7) is 3.21. The standard InChI is InChI=1S/C24H26N2O6/c1-24(2,22(28)29)26-21(27)20-19(11-12-31-20)25-23(30)32-13-18-16-9-5-3-7-14(16)15-8-4-6-10-17(15)18/h3-10,18-20H,11-13H2,1-2H3,(H,25,30)(H,26,27)(H,28,29). The van der Waals surface area contributed by atoms with Crippen molar-refractivity contribution in [1.82, 2.24) is 10.6 Å². The Bertz CT molecular complexity index is 1000. The van der Waals surface area contributed by atoms with Crippen LogP contribution in [0.1, 0.15) is 37.3 Å². The molecule has 4 rings (SSSR count). The Morgan fingerprint density at radius 3 is 2.25 bits per heavy atom. The van der Waals surface area contributed by atoms with E-state index in [1.54, 1.807) is 0 Å². The zero-order chi connectivity index (χ0) is 22.9. The molecule has 32 heavy (non-hydrogen) atoms. The molecule has 8 heteroatoms. The van der Waals surface area contributed by atoms with Crippen molar-refractivity contribution in [2.75, 3.05) is 13.2 Å². The van der Waals surface area contributed by atoms with Gasteiger partial charge in [0.15, 0.2) is 6.10 Å². The van der Waals surface area contributed by atoms with Gasteiger partial charge in [-0.05, 0) is 42.5 Å². The smallest absolute Gasteiger partial charge is 0.407 e. The molecule has 0 bridgehead atoms. The molecule has 0 spiro atoms. The number of carbonyl (C=O) groups excluding carboxylic acids is 2. The van der Waals surface area contributed by atoms with E-state index in [-0.39, 0.29) is 19.1 Å². The van der Waals surface area contributed by atoms with E-state index in [1.165, 1.54) is 13.8 Å². The molecular weight excluding hydrogens is 412 g/mol. The van der Waals surface area contributed by atoms with E-state index in [0.717, 1.165) is 22.3 Å². The van der Waals surface area contributed by atoms with E-state index in [0.29, 0.717) is 6.42 Å². The summed E-state index contributed by atoms with van der Waals surface area (Å²) in [5.74, 6) is -1.81. The number of ether oxygens (including phenoxy) is 2. The molecule has 168 valence electrons. The van der Waals surface area contributed by atoms with Crippen molar-refractivity contribution in [2.24, 2.45) is 0 Å². The summed E-state index contributed by atoms with van der Waals surface area (Å²) < 4.78 is 11.0. The maximum absolute atomic E-state index is 12.5. The summed E-state index contributed by atoms with van der Waals surface area (Å²) in [6, 6.07) is 15.5. The first kappa shape index (κ1) is 21.8. The van der Waals surface area contributed by atoms with E-state index >= 15 is 0 Å². The number of aliphatic carboxylic acids is 1. The second-order valence-electron chi connectivity index (χ2n) is 8.58. The molecule has 1 fully saturated rings. The number of carbonyl (C=O) groups is 3. The van der Waals surface area contributed by atoms with Crippen LogP contribution in [0.15, 0.2) is 48.5 Å². The molecule has 2 aromatic rings. The molecule has 1 saturated heterocycles. The fraction of sp³-hybridized carbons (Fsp3) is 0.375. The van der Waals surface area contributed by atoms with Crippen LogP contribution in [-0.4, -0.2) is 54.0 Å². The van der Waals surface area contributed by atoms with Crippen LogP contribution in [0, 0.1) is 0 Å². The Hall–Kier alpha value is -3.39. The molecule has 1 aliphatic carbocycles. The fourth-order valence-corrected chi connectivity index (χ4v) is 4.22. The first-order valence-corrected chi connectivity index (χ1v) is 10.6. The highest BCUT2D eigenvalue weighted by Crippen LogP contribution is 2.44. The minimum absolute atomic E-state index is 0.0663. The van der Waals surface area contributed by atoms with Crippen LogP contribution >= 0.6 is 0 Å². The Morgan fingerprint density at radius 1 is 1.06 bits per heavy atom. The average Bonchev–Trinajstić information content (AvgIpc) is 3.34. The lowest BCUT2D eigenvalue weighted by Gasteiger charge is -2.25. The number of carboxylic acid groups (broad SMARTS) is 1. The van der Waals surface area contributed by atoms with E-state index in [9.17, 15) is 19.5 Å². The van der Waals surface area contributed by atoms with Crippen molar-refractivity contribution in [3.05, 3.63) is 59.7 Å². The summed E-state index contributed by atoms with van der Waals surface area (Å²) in [5, 5.41) is 14.4. The molecule has 0 radical (unpaired) electrons. The summed E-state index contributed by atoms with van der Waals surface area (Å²) in [5.41, 5.74) is 3.05. The topological polar surface area (TPSA) is 114 Å². The SMILES string of the molecule is CC(C)(NC(=O)C1OCCC1NC(=O)OCC1c2ccccc2-c2ccccc21)C(=O)O. The molecule has 2 atom stereocenters. The predicted molar refractivity (Wildman–Crippen MR) is 116 cm³/mol. The Morgan fingerprint density at radius 2 is 1.66 bits per heavy atom. The van der Waals surface area contributed by atoms with E-state index in [2.05, 4.69) is 22.8 Å². The van der Waals surface area contributed by atoms with Gasteiger partial charge < -0.3 is 25.2 Å². The molecule has 1 aliphatic heterocycles. The van der Waals surface area contributed by atoms with Crippen LogP contribution in [0.25, 0.3) is 11.1 Å². The highest BCUT2D eigenvalue weighted by atomic mass is 16.6. The van der Waals surface area contributed by atoms with Gasteiger partial charge in [-0.3, -0.25) is 4.79 Å². The van der Waals surface area contributed by atoms with Crippen molar-refractivity contribution in [2.45, 2.75) is 43.9 Å². The van der Waals surface area contributed by atoms with Crippen LogP contribution in [0.3, 0.4) is 0 Å². The van der Waals surface area contributed by atoms with Crippen LogP contribution in [-0.2, 0) is 19.1 Å². The lowest BCUT2D eigenvalue weighted by molar-refractivity contribution is -0.148. The van der Waals surface area contributed by atoms with Gasteiger partial charge >= 0.3 is 12.1 Å². The predicted octanol–water partition coefficient (Wildman–Crippen LogP) is 2.66. The van der Waals surface area contributed by atoms with Crippen molar-refractivity contribution in [3.8, 4) is 11.1 Å². The third kappa shape index (κ3) is 4.18. The molecule has 3 N–H and O–H groups in total. The first-order valence-electron chi connectivity index (χ1n) is 10.6. The number of alkyl carbamates (subject to hydrolysis) is 1. The van der Waals surface area contributed by atoms with Gasteiger partial charge in [0.1, 0.15) is 12.1 Å². The number of carboxylic acids is 1. The summed E-state index contributed by atoms with van der Waals surface area (Å²) in [4.78, 5) is 36.3. The summed E-state index contributed by atoms with van der Waals surface area (Å²) >= 11 is 0. The van der Waals surface area contributed by atoms with E-state index < -0.39 is 35.7 Å². The Kier molecular flexibility index (Phi) is 5.88. The van der Waals surface area contributed by atoms with Gasteiger partial charge in [-0.2, -0.15) is 0 Å². The molecule has 0 aromatic heterocycles. The average molecular weight is 438 g/mol. The normalized spacial score (nSPS) is 19.7. The lowest BCUT2D eigenvalue weighted by atomic mass is 9.98. The minimum atomic E-state index is -1.45. The van der Waals surface area contributed by atoms with Crippen molar-refractivity contribution in [1.29, 1.82) is 0 Å². The van der Waals surface area contributed by atoms with E-state index in [4.69, 9.17) is 9.47 Å². The summed E-state index contributed by atoms with van der Waals surface area (Å²) in [6.07, 6.45) is -1.19. The molecule has 2 unspecified atom stereocenters. The van der Waals surface area contributed by atoms with Gasteiger partial charge in [-0.25, -0.2) is 9.59 Å². The fourth-order valence-electron chi connectivity index (χ4n) is 4.22. The van der Waals surface area contributed by atoms with Gasteiger partial charge in [0.05, 0.1) is 6.04 Å². The van der Waals surface area contributed by atoms with E-state index in [1.807, 2.05) is 36.4 Å². The maximum atomic E-state index is 12.5. The number of fused-ring (bicyclic) bond motifs is 3. The number of nitrogens with one attached hydrogen (secondary N) is 2. The van der Waals surface area contributed by atoms with Crippen molar-refractivity contribution < 1.29 is 29.0 Å². The zero-order valence-electron chi connectivity index (χ0n) is 18.0. The third-order valence-corrected chi connectivity index (χ3v) is 5.97. The lowest BCUT2D eigenvalue weighted by Crippen LogP contribution is -2.56. The first-order chi connectivity index (χ1) is 15.3. The number of hydrogen-bond donors (Lipinski definition) is 3. The monoisotopic (exact) mass is 438 g/mol. The molecule has 2 aromatic carbocycles. The zero-order valence-corrected chi connectivity index (χ0v) is 18.0. The highest BCUT2D eigenvalue weighted by Gasteiger charge is 2.39. The number of amides is 2. The second-order valence-corrected chi connectivity index (χ2v) is 8.58. The largest absolute Gasteiger partial charge is 0.480 e. The van der Waals surface area contributed by atoms with Crippen LogP contribution in [0.2, 0.25) is 0 Å². The van der Waals surface area contributed by atoms with Gasteiger partial charge in [-0.15, -0.1) is 0 Å². The molecule has 0 saturated carbocycles. The molecule has 2 amide bonds. The molecule has 8 nitrogen and oxygen atoms in total. The summed E-state index contributed by atoms with van der Waals surface area (Å²) in [7, 11) is 0. The van der Waals surface area contributed by atoms with Crippen LogP contribution in [0.5, 0.6) is 0 Å². The van der Waals surface area contributed by atoms with Gasteiger partial charge in [-0.1, -0.05) is 48.5 Å². The molecule has 2 aliphatic rings. The molecular formula is C24H26N2O6. The third-order valence-electron chi connectivity index (χ3n) is 5.97. The van der Waals surface area contributed by atoms with Crippen LogP contribution < -0.4 is 10.6 Å². The number of rotatable bonds is 6. The second kappa shape index (κ2) is 8.63. The van der Waals surface area contributed by atoms with Gasteiger partial charge in [0.2, 0.25) is 0 Å². The van der Waals surface area contributed by atoms with Gasteiger partial charge in [0.25, 0.3) is 5.91 Å². The van der Waals surface area contributed by atoms with Crippen molar-refractivity contribution >= 4 is 18.0 Å². The van der Waals surface area contributed by atoms with Crippen LogP contribution in [0.4, 0.5) is 4.79 Å². The Labute approximate surface area is 185 Å². The van der Waals surface area contributed by atoms with Crippen molar-refractivity contribution in [3.63, 3.8) is 0 Å². The number of hydrogen-bond acceptors (Lipinski definition) is 5. The minimum Gasteiger partial charge on any atom is -0.480 e. The maximum Gasteiger partial charge on any atom is 0.407 e.